The summed E-state index contributed by atoms with van der Waals surface area (Å²) in [5, 5.41) is 4.91. The van der Waals surface area contributed by atoms with E-state index in [0.717, 1.165) is 18.1 Å². The highest BCUT2D eigenvalue weighted by atomic mass is 32.2. The number of anilines is 2. The van der Waals surface area contributed by atoms with Crippen molar-refractivity contribution in [2.75, 3.05) is 42.9 Å². The van der Waals surface area contributed by atoms with Crippen molar-refractivity contribution < 1.29 is 8.42 Å². The lowest BCUT2D eigenvalue weighted by atomic mass is 10.3. The minimum Gasteiger partial charge on any atom is -0.354 e. The zero-order valence-electron chi connectivity index (χ0n) is 13.8. The molecule has 1 N–H and O–H groups in total. The van der Waals surface area contributed by atoms with Crippen LogP contribution >= 0.6 is 11.3 Å². The SMILES string of the molecule is CCNc1nc(C)cc(N2CCN(S(=O)(=O)c3cccs3)CC2)n1. The molecule has 1 saturated heterocycles. The topological polar surface area (TPSA) is 78.4 Å². The van der Waals surface area contributed by atoms with E-state index in [-0.39, 0.29) is 0 Å². The minimum atomic E-state index is -3.37. The molecule has 0 radical (unpaired) electrons. The largest absolute Gasteiger partial charge is 0.354 e. The molecule has 0 bridgehead atoms. The zero-order chi connectivity index (χ0) is 17.2. The van der Waals surface area contributed by atoms with Crippen molar-refractivity contribution in [3.8, 4) is 0 Å². The average molecular weight is 368 g/mol. The maximum atomic E-state index is 12.6. The predicted molar refractivity (Wildman–Crippen MR) is 96.2 cm³/mol. The predicted octanol–water partition coefficient (Wildman–Crippen LogP) is 1.79. The van der Waals surface area contributed by atoms with Crippen molar-refractivity contribution in [2.24, 2.45) is 0 Å². The molecule has 0 atom stereocenters. The molecule has 3 heterocycles. The van der Waals surface area contributed by atoms with E-state index in [1.165, 1.54) is 11.3 Å². The van der Waals surface area contributed by atoms with E-state index >= 15 is 0 Å². The third-order valence-corrected chi connectivity index (χ3v) is 7.10. The van der Waals surface area contributed by atoms with Gasteiger partial charge in [0.05, 0.1) is 0 Å². The van der Waals surface area contributed by atoms with Gasteiger partial charge in [-0.05, 0) is 25.3 Å². The zero-order valence-corrected chi connectivity index (χ0v) is 15.4. The van der Waals surface area contributed by atoms with Crippen LogP contribution in [-0.2, 0) is 10.0 Å². The molecule has 0 spiro atoms. The van der Waals surface area contributed by atoms with Gasteiger partial charge in [0.1, 0.15) is 10.0 Å². The lowest BCUT2D eigenvalue weighted by Crippen LogP contribution is -2.48. The number of thiophene rings is 1. The normalized spacial score (nSPS) is 16.3. The molecule has 0 aromatic carbocycles. The van der Waals surface area contributed by atoms with Crippen LogP contribution in [0, 0.1) is 6.92 Å². The number of hydrogen-bond donors (Lipinski definition) is 1. The Morgan fingerprint density at radius 2 is 2.00 bits per heavy atom. The molecule has 0 aliphatic carbocycles. The quantitative estimate of drug-likeness (QED) is 0.868. The van der Waals surface area contributed by atoms with Gasteiger partial charge in [0.2, 0.25) is 5.95 Å². The van der Waals surface area contributed by atoms with Gasteiger partial charge in [-0.1, -0.05) is 6.07 Å². The molecule has 0 unspecified atom stereocenters. The number of sulfonamides is 1. The summed E-state index contributed by atoms with van der Waals surface area (Å²) >= 11 is 1.26. The molecule has 24 heavy (non-hydrogen) atoms. The summed E-state index contributed by atoms with van der Waals surface area (Å²) in [6.07, 6.45) is 0. The van der Waals surface area contributed by atoms with Crippen molar-refractivity contribution in [1.29, 1.82) is 0 Å². The van der Waals surface area contributed by atoms with Gasteiger partial charge in [-0.3, -0.25) is 0 Å². The summed E-state index contributed by atoms with van der Waals surface area (Å²) in [6.45, 7) is 6.84. The van der Waals surface area contributed by atoms with Crippen molar-refractivity contribution in [2.45, 2.75) is 18.1 Å². The first kappa shape index (κ1) is 17.1. The third kappa shape index (κ3) is 3.52. The minimum absolute atomic E-state index is 0.406. The molecule has 1 aliphatic rings. The first-order valence-corrected chi connectivity index (χ1v) is 10.2. The molecule has 1 aliphatic heterocycles. The molecule has 3 rings (SSSR count). The number of rotatable bonds is 5. The lowest BCUT2D eigenvalue weighted by Gasteiger charge is -2.34. The van der Waals surface area contributed by atoms with Crippen molar-refractivity contribution in [1.82, 2.24) is 14.3 Å². The average Bonchev–Trinajstić information content (AvgIpc) is 3.10. The van der Waals surface area contributed by atoms with Crippen LogP contribution in [0.3, 0.4) is 0 Å². The molecule has 130 valence electrons. The fourth-order valence-corrected chi connectivity index (χ4v) is 5.21. The molecule has 2 aromatic heterocycles. The van der Waals surface area contributed by atoms with E-state index in [0.29, 0.717) is 36.3 Å². The van der Waals surface area contributed by atoms with E-state index in [2.05, 4.69) is 20.2 Å². The molecule has 0 saturated carbocycles. The monoisotopic (exact) mass is 367 g/mol. The Morgan fingerprint density at radius 1 is 1.25 bits per heavy atom. The summed E-state index contributed by atoms with van der Waals surface area (Å²) < 4.78 is 27.1. The van der Waals surface area contributed by atoms with Crippen molar-refractivity contribution in [3.63, 3.8) is 0 Å². The second-order valence-corrected chi connectivity index (χ2v) is 8.66. The second-order valence-electron chi connectivity index (χ2n) is 5.54. The van der Waals surface area contributed by atoms with E-state index in [9.17, 15) is 8.42 Å². The van der Waals surface area contributed by atoms with E-state index in [1.54, 1.807) is 21.8 Å². The van der Waals surface area contributed by atoms with Gasteiger partial charge in [-0.2, -0.15) is 9.29 Å². The van der Waals surface area contributed by atoms with Gasteiger partial charge in [-0.25, -0.2) is 13.4 Å². The first-order chi connectivity index (χ1) is 11.5. The standard InChI is InChI=1S/C15H21N5O2S2/c1-3-16-15-17-12(2)11-13(18-15)19-6-8-20(9-7-19)24(21,22)14-5-4-10-23-14/h4-5,10-11H,3,6-9H2,1-2H3,(H,16,17,18). The molecule has 2 aromatic rings. The van der Waals surface area contributed by atoms with Gasteiger partial charge in [0.15, 0.2) is 0 Å². The smallest absolute Gasteiger partial charge is 0.252 e. The van der Waals surface area contributed by atoms with E-state index in [4.69, 9.17) is 0 Å². The maximum Gasteiger partial charge on any atom is 0.252 e. The van der Waals surface area contributed by atoms with Crippen molar-refractivity contribution in [3.05, 3.63) is 29.3 Å². The van der Waals surface area contributed by atoms with Crippen LogP contribution in [0.25, 0.3) is 0 Å². The summed E-state index contributed by atoms with van der Waals surface area (Å²) in [4.78, 5) is 11.0. The van der Waals surface area contributed by atoms with Crippen LogP contribution in [-0.4, -0.2) is 55.4 Å². The fraction of sp³-hybridized carbons (Fsp3) is 0.467. The highest BCUT2D eigenvalue weighted by Gasteiger charge is 2.29. The molecular formula is C15H21N5O2S2. The maximum absolute atomic E-state index is 12.6. The third-order valence-electron chi connectivity index (χ3n) is 3.83. The van der Waals surface area contributed by atoms with Gasteiger partial charge < -0.3 is 10.2 Å². The van der Waals surface area contributed by atoms with Crippen LogP contribution in [0.2, 0.25) is 0 Å². The number of piperazine rings is 1. The Labute approximate surface area is 146 Å². The van der Waals surface area contributed by atoms with E-state index < -0.39 is 10.0 Å². The number of hydrogen-bond acceptors (Lipinski definition) is 7. The molecule has 1 fully saturated rings. The number of aryl methyl sites for hydroxylation is 1. The second kappa shape index (κ2) is 7.04. The number of nitrogens with one attached hydrogen (secondary N) is 1. The fourth-order valence-electron chi connectivity index (χ4n) is 2.65. The molecular weight excluding hydrogens is 346 g/mol. The van der Waals surface area contributed by atoms with Crippen LogP contribution in [0.5, 0.6) is 0 Å². The van der Waals surface area contributed by atoms with Gasteiger partial charge in [0, 0.05) is 44.5 Å². The van der Waals surface area contributed by atoms with E-state index in [1.807, 2.05) is 19.9 Å². The summed E-state index contributed by atoms with van der Waals surface area (Å²) in [5.74, 6) is 1.45. The van der Waals surface area contributed by atoms with Crippen LogP contribution in [0.1, 0.15) is 12.6 Å². The molecule has 7 nitrogen and oxygen atoms in total. The Kier molecular flexibility index (Phi) is 5.02. The molecule has 0 amide bonds. The first-order valence-electron chi connectivity index (χ1n) is 7.89. The van der Waals surface area contributed by atoms with Crippen molar-refractivity contribution >= 4 is 33.1 Å². The van der Waals surface area contributed by atoms with Gasteiger partial charge in [0.25, 0.3) is 10.0 Å². The Balaban J connectivity index is 1.71. The molecule has 9 heteroatoms. The number of aromatic nitrogens is 2. The van der Waals surface area contributed by atoms with Gasteiger partial charge in [-0.15, -0.1) is 11.3 Å². The van der Waals surface area contributed by atoms with Gasteiger partial charge >= 0.3 is 0 Å². The Hall–Kier alpha value is -1.71. The lowest BCUT2D eigenvalue weighted by molar-refractivity contribution is 0.384. The van der Waals surface area contributed by atoms with Crippen LogP contribution in [0.15, 0.2) is 27.8 Å². The number of nitrogens with zero attached hydrogens (tertiary/aromatic N) is 4. The summed E-state index contributed by atoms with van der Waals surface area (Å²) in [5.41, 5.74) is 0.893. The van der Waals surface area contributed by atoms with Crippen LogP contribution < -0.4 is 10.2 Å². The summed E-state index contributed by atoms with van der Waals surface area (Å²) in [6, 6.07) is 5.35. The highest BCUT2D eigenvalue weighted by molar-refractivity contribution is 7.91. The Morgan fingerprint density at radius 3 is 2.62 bits per heavy atom. The highest BCUT2D eigenvalue weighted by Crippen LogP contribution is 2.23. The Bertz CT molecular complexity index is 784. The summed E-state index contributed by atoms with van der Waals surface area (Å²) in [7, 11) is -3.37. The van der Waals surface area contributed by atoms with Crippen LogP contribution in [0.4, 0.5) is 11.8 Å².